The van der Waals surface area contributed by atoms with Gasteiger partial charge in [0, 0.05) is 62.1 Å². The number of aromatic nitrogens is 5. The molecule has 0 saturated carbocycles. The van der Waals surface area contributed by atoms with Gasteiger partial charge in [0.2, 0.25) is 0 Å². The van der Waals surface area contributed by atoms with E-state index in [1.54, 1.807) is 0 Å². The predicted octanol–water partition coefficient (Wildman–Crippen LogP) is 3.76. The van der Waals surface area contributed by atoms with E-state index in [9.17, 15) is 0 Å². The average Bonchev–Trinajstić information content (AvgIpc) is 3.17. The molecular formula is C22H28N6. The van der Waals surface area contributed by atoms with Gasteiger partial charge in [-0.1, -0.05) is 13.3 Å². The largest absolute Gasteiger partial charge is 0.356 e. The molecule has 0 bridgehead atoms. The Kier molecular flexibility index (Phi) is 5.65. The smallest absolute Gasteiger partial charge is 0.132 e. The number of aryl methyl sites for hydroxylation is 2. The Morgan fingerprint density at radius 1 is 1.14 bits per heavy atom. The number of hydrogen-bond acceptors (Lipinski definition) is 5. The normalized spacial score (nSPS) is 17.1. The zero-order valence-corrected chi connectivity index (χ0v) is 16.8. The van der Waals surface area contributed by atoms with Crippen molar-refractivity contribution < 1.29 is 0 Å². The maximum Gasteiger partial charge on any atom is 0.132 e. The fourth-order valence-electron chi connectivity index (χ4n) is 4.05. The van der Waals surface area contributed by atoms with Crippen molar-refractivity contribution in [3.8, 4) is 0 Å². The number of nitrogens with zero attached hydrogens (tertiary/aromatic N) is 6. The van der Waals surface area contributed by atoms with Crippen LogP contribution in [0.4, 0.5) is 5.82 Å². The van der Waals surface area contributed by atoms with E-state index in [1.807, 2.05) is 25.5 Å². The molecule has 1 aliphatic heterocycles. The summed E-state index contributed by atoms with van der Waals surface area (Å²) >= 11 is 0. The number of pyridine rings is 1. The van der Waals surface area contributed by atoms with Crippen molar-refractivity contribution in [2.75, 3.05) is 18.0 Å². The van der Waals surface area contributed by atoms with Gasteiger partial charge in [-0.15, -0.1) is 0 Å². The van der Waals surface area contributed by atoms with Gasteiger partial charge in [-0.2, -0.15) is 0 Å². The highest BCUT2D eigenvalue weighted by atomic mass is 15.2. The van der Waals surface area contributed by atoms with Gasteiger partial charge in [0.05, 0.1) is 0 Å². The molecule has 146 valence electrons. The third kappa shape index (κ3) is 4.21. The summed E-state index contributed by atoms with van der Waals surface area (Å²) in [4.78, 5) is 20.6. The summed E-state index contributed by atoms with van der Waals surface area (Å²) in [6.07, 6.45) is 12.1. The number of imidazole rings is 1. The van der Waals surface area contributed by atoms with Crippen molar-refractivity contribution in [1.29, 1.82) is 0 Å². The van der Waals surface area contributed by atoms with Gasteiger partial charge in [-0.3, -0.25) is 4.98 Å². The molecule has 1 atom stereocenters. The lowest BCUT2D eigenvalue weighted by atomic mass is 9.97. The summed E-state index contributed by atoms with van der Waals surface area (Å²) in [5.74, 6) is 3.51. The maximum absolute atomic E-state index is 4.73. The van der Waals surface area contributed by atoms with Crippen molar-refractivity contribution in [2.24, 2.45) is 0 Å². The second-order valence-electron chi connectivity index (χ2n) is 7.57. The van der Waals surface area contributed by atoms with Crippen LogP contribution in [0.1, 0.15) is 55.0 Å². The molecule has 1 fully saturated rings. The molecule has 6 nitrogen and oxygen atoms in total. The third-order valence-corrected chi connectivity index (χ3v) is 5.34. The molecule has 0 aromatic carbocycles. The van der Waals surface area contributed by atoms with Gasteiger partial charge >= 0.3 is 0 Å². The predicted molar refractivity (Wildman–Crippen MR) is 111 cm³/mol. The highest BCUT2D eigenvalue weighted by Gasteiger charge is 2.26. The van der Waals surface area contributed by atoms with E-state index < -0.39 is 0 Å². The second kappa shape index (κ2) is 8.50. The average molecular weight is 377 g/mol. The zero-order valence-electron chi connectivity index (χ0n) is 16.8. The van der Waals surface area contributed by atoms with E-state index in [4.69, 9.17) is 9.97 Å². The van der Waals surface area contributed by atoms with Crippen LogP contribution in [-0.2, 0) is 13.0 Å². The summed E-state index contributed by atoms with van der Waals surface area (Å²) in [6.45, 7) is 7.02. The Hall–Kier alpha value is -2.76. The Morgan fingerprint density at radius 2 is 2.00 bits per heavy atom. The van der Waals surface area contributed by atoms with Crippen LogP contribution >= 0.6 is 0 Å². The molecule has 0 spiro atoms. The first-order chi connectivity index (χ1) is 13.7. The molecule has 0 aliphatic carbocycles. The van der Waals surface area contributed by atoms with E-state index in [0.717, 1.165) is 62.7 Å². The van der Waals surface area contributed by atoms with E-state index in [2.05, 4.69) is 50.8 Å². The molecule has 6 heteroatoms. The Balaban J connectivity index is 1.53. The van der Waals surface area contributed by atoms with Gasteiger partial charge < -0.3 is 9.47 Å². The molecule has 0 radical (unpaired) electrons. The minimum Gasteiger partial charge on any atom is -0.356 e. The summed E-state index contributed by atoms with van der Waals surface area (Å²) in [5.41, 5.74) is 2.39. The van der Waals surface area contributed by atoms with Crippen LogP contribution in [-0.4, -0.2) is 37.6 Å². The second-order valence-corrected chi connectivity index (χ2v) is 7.57. The highest BCUT2D eigenvalue weighted by Crippen LogP contribution is 2.29. The lowest BCUT2D eigenvalue weighted by Gasteiger charge is -2.33. The fraction of sp³-hybridized carbons (Fsp3) is 0.455. The van der Waals surface area contributed by atoms with Crippen molar-refractivity contribution in [3.63, 3.8) is 0 Å². The SMILES string of the molecule is CCCc1cc(N2CCCC(c3nccn3Cc3ccncc3)C2)nc(C)n1. The summed E-state index contributed by atoms with van der Waals surface area (Å²) in [7, 11) is 0. The molecule has 0 amide bonds. The van der Waals surface area contributed by atoms with E-state index in [-0.39, 0.29) is 0 Å². The van der Waals surface area contributed by atoms with Crippen LogP contribution in [0.3, 0.4) is 0 Å². The first-order valence-corrected chi connectivity index (χ1v) is 10.2. The fourth-order valence-corrected chi connectivity index (χ4v) is 4.05. The first kappa shape index (κ1) is 18.6. The molecule has 1 unspecified atom stereocenters. The number of rotatable bonds is 6. The van der Waals surface area contributed by atoms with Gasteiger partial charge in [-0.05, 0) is 43.9 Å². The van der Waals surface area contributed by atoms with E-state index >= 15 is 0 Å². The first-order valence-electron chi connectivity index (χ1n) is 10.2. The molecule has 4 rings (SSSR count). The lowest BCUT2D eigenvalue weighted by Crippen LogP contribution is -2.36. The van der Waals surface area contributed by atoms with Gasteiger partial charge in [0.1, 0.15) is 17.5 Å². The van der Waals surface area contributed by atoms with Crippen molar-refractivity contribution in [1.82, 2.24) is 24.5 Å². The molecule has 1 aliphatic rings. The van der Waals surface area contributed by atoms with E-state index in [0.29, 0.717) is 5.92 Å². The van der Waals surface area contributed by atoms with Crippen LogP contribution in [0, 0.1) is 6.92 Å². The standard InChI is InChI=1S/C22H28N6/c1-3-5-20-14-21(26-17(2)25-20)27-12-4-6-19(16-27)22-24-11-13-28(22)15-18-7-9-23-10-8-18/h7-11,13-14,19H,3-6,12,15-16H2,1-2H3. The minimum absolute atomic E-state index is 0.412. The monoisotopic (exact) mass is 376 g/mol. The van der Waals surface area contributed by atoms with Crippen LogP contribution in [0.15, 0.2) is 43.0 Å². The Labute approximate surface area is 166 Å². The number of piperidine rings is 1. The highest BCUT2D eigenvalue weighted by molar-refractivity contribution is 5.41. The van der Waals surface area contributed by atoms with Crippen LogP contribution in [0.25, 0.3) is 0 Å². The minimum atomic E-state index is 0.412. The molecule has 4 heterocycles. The van der Waals surface area contributed by atoms with Gasteiger partial charge in [0.25, 0.3) is 0 Å². The third-order valence-electron chi connectivity index (χ3n) is 5.34. The molecule has 1 saturated heterocycles. The number of hydrogen-bond donors (Lipinski definition) is 0. The molecule has 3 aromatic heterocycles. The summed E-state index contributed by atoms with van der Waals surface area (Å²) in [6, 6.07) is 6.30. The van der Waals surface area contributed by atoms with Gasteiger partial charge in [-0.25, -0.2) is 15.0 Å². The molecule has 3 aromatic rings. The molecule has 28 heavy (non-hydrogen) atoms. The van der Waals surface area contributed by atoms with Crippen LogP contribution < -0.4 is 4.90 Å². The topological polar surface area (TPSA) is 59.7 Å². The van der Waals surface area contributed by atoms with Crippen LogP contribution in [0.2, 0.25) is 0 Å². The number of anilines is 1. The van der Waals surface area contributed by atoms with Gasteiger partial charge in [0.15, 0.2) is 0 Å². The molecular weight excluding hydrogens is 348 g/mol. The maximum atomic E-state index is 4.73. The van der Waals surface area contributed by atoms with E-state index in [1.165, 1.54) is 11.4 Å². The van der Waals surface area contributed by atoms with Crippen LogP contribution in [0.5, 0.6) is 0 Å². The van der Waals surface area contributed by atoms with Crippen molar-refractivity contribution in [3.05, 3.63) is 65.9 Å². The molecule has 0 N–H and O–H groups in total. The summed E-state index contributed by atoms with van der Waals surface area (Å²) < 4.78 is 2.28. The lowest BCUT2D eigenvalue weighted by molar-refractivity contribution is 0.473. The van der Waals surface area contributed by atoms with Crippen molar-refractivity contribution in [2.45, 2.75) is 52.0 Å². The Morgan fingerprint density at radius 3 is 2.82 bits per heavy atom. The summed E-state index contributed by atoms with van der Waals surface area (Å²) in [5, 5.41) is 0. The quantitative estimate of drug-likeness (QED) is 0.655. The Bertz CT molecular complexity index is 904. The zero-order chi connectivity index (χ0) is 19.3. The van der Waals surface area contributed by atoms with Crippen molar-refractivity contribution >= 4 is 5.82 Å².